The molecule has 6 fully saturated rings. The zero-order chi connectivity index (χ0) is 30.3. The van der Waals surface area contributed by atoms with Gasteiger partial charge in [-0.2, -0.15) is 5.06 Å². The number of nitrogens with two attached hydrogens (primary N) is 1. The van der Waals surface area contributed by atoms with Gasteiger partial charge in [-0.25, -0.2) is 0 Å². The minimum absolute atomic E-state index is 0.0362. The molecule has 13 atom stereocenters. The number of amides is 2. The van der Waals surface area contributed by atoms with Gasteiger partial charge in [0.15, 0.2) is 0 Å². The molecule has 5 saturated carbocycles. The number of ether oxygens (including phenoxy) is 1. The quantitative estimate of drug-likeness (QED) is 0.325. The van der Waals surface area contributed by atoms with Crippen LogP contribution in [0.4, 0.5) is 0 Å². The number of fused-ring (bicyclic) bond motifs is 2. The van der Waals surface area contributed by atoms with Crippen LogP contribution in [0.5, 0.6) is 0 Å². The van der Waals surface area contributed by atoms with Crippen molar-refractivity contribution in [1.29, 1.82) is 0 Å². The van der Waals surface area contributed by atoms with Crippen LogP contribution in [0.2, 0.25) is 0 Å². The second kappa shape index (κ2) is 13.0. The van der Waals surface area contributed by atoms with Crippen LogP contribution in [0.25, 0.3) is 0 Å². The van der Waals surface area contributed by atoms with Crippen molar-refractivity contribution >= 4 is 11.8 Å². The number of rotatable bonds is 9. The Bertz CT molecular complexity index is 961. The van der Waals surface area contributed by atoms with Crippen LogP contribution in [0.1, 0.15) is 85.5 Å². The fourth-order valence-corrected chi connectivity index (χ4v) is 10.2. The molecule has 6 rings (SSSR count). The number of methoxy groups -OCH3 is 1. The zero-order valence-corrected chi connectivity index (χ0v) is 26.9. The summed E-state index contributed by atoms with van der Waals surface area (Å²) in [4.78, 5) is 33.0. The fourth-order valence-electron chi connectivity index (χ4n) is 10.2. The van der Waals surface area contributed by atoms with Gasteiger partial charge in [0.1, 0.15) is 6.04 Å². The lowest BCUT2D eigenvalue weighted by molar-refractivity contribution is -0.186. The lowest BCUT2D eigenvalue weighted by atomic mass is 9.45. The topological polar surface area (TPSA) is 126 Å². The number of hydrogen-bond donors (Lipinski definition) is 4. The normalized spacial score (nSPS) is 44.2. The highest BCUT2D eigenvalue weighted by Gasteiger charge is 2.57. The Labute approximate surface area is 253 Å². The summed E-state index contributed by atoms with van der Waals surface area (Å²) in [6, 6.07) is -0.449. The summed E-state index contributed by atoms with van der Waals surface area (Å²) >= 11 is 0. The average Bonchev–Trinajstić information content (AvgIpc) is 3.36. The Kier molecular flexibility index (Phi) is 9.95. The monoisotopic (exact) mass is 590 g/mol. The molecule has 1 heterocycles. The number of carbonyl (C=O) groups excluding carboxylic acids is 2. The maximum absolute atomic E-state index is 14.1. The molecule has 0 spiro atoms. The third-order valence-electron chi connectivity index (χ3n) is 12.7. The molecule has 0 aromatic carbocycles. The number of carbonyl (C=O) groups is 2. The van der Waals surface area contributed by atoms with Crippen molar-refractivity contribution in [3.63, 3.8) is 0 Å². The smallest absolute Gasteiger partial charge is 0.240 e. The van der Waals surface area contributed by atoms with Crippen LogP contribution in [-0.4, -0.2) is 79.6 Å². The summed E-state index contributed by atoms with van der Waals surface area (Å²) in [6.45, 7) is 9.60. The molecule has 6 aliphatic rings. The number of hydroxylamine groups is 2. The number of nitrogens with one attached hydrogen (secondary N) is 2. The van der Waals surface area contributed by atoms with E-state index in [1.807, 2.05) is 12.2 Å². The molecule has 2 bridgehead atoms. The van der Waals surface area contributed by atoms with Crippen molar-refractivity contribution in [1.82, 2.24) is 15.7 Å². The standard InChI is InChI=1S/C33H58N4O5/c1-18-25-14-23(33(25,3)4)15-26(18)36-32(40)29-28(19(2)38)27(16-34)42-37(29)17-22-11-8-12-24(30(22)41-6)20-9-7-10-21(13-20)31(39)35-5/h18-30,38H,7-17,34H2,1-6H3,(H,35,39)(H,36,40)/t18-,19-,20?,21?,22?,23+,24?,25-,26-,27-,28-,29-,30?/m0/s1. The summed E-state index contributed by atoms with van der Waals surface area (Å²) in [6.07, 6.45) is 8.45. The summed E-state index contributed by atoms with van der Waals surface area (Å²) in [5.41, 5.74) is 6.50. The van der Waals surface area contributed by atoms with Gasteiger partial charge in [-0.15, -0.1) is 0 Å². The molecule has 0 aromatic heterocycles. The van der Waals surface area contributed by atoms with Crippen LogP contribution < -0.4 is 16.4 Å². The third-order valence-corrected chi connectivity index (χ3v) is 12.7. The van der Waals surface area contributed by atoms with Crippen molar-refractivity contribution in [2.75, 3.05) is 27.2 Å². The molecular weight excluding hydrogens is 532 g/mol. The van der Waals surface area contributed by atoms with E-state index in [-0.39, 0.29) is 42.3 Å². The van der Waals surface area contributed by atoms with E-state index in [4.69, 9.17) is 15.3 Å². The molecule has 9 heteroatoms. The van der Waals surface area contributed by atoms with E-state index in [2.05, 4.69) is 31.4 Å². The van der Waals surface area contributed by atoms with Crippen LogP contribution >= 0.6 is 0 Å². The second-order valence-corrected chi connectivity index (χ2v) is 15.1. The predicted octanol–water partition coefficient (Wildman–Crippen LogP) is 3.10. The summed E-state index contributed by atoms with van der Waals surface area (Å²) < 4.78 is 6.24. The highest BCUT2D eigenvalue weighted by Crippen LogP contribution is 2.61. The van der Waals surface area contributed by atoms with Crippen molar-refractivity contribution in [2.24, 2.45) is 58.5 Å². The minimum Gasteiger partial charge on any atom is -0.393 e. The summed E-state index contributed by atoms with van der Waals surface area (Å²) in [7, 11) is 3.54. The molecule has 240 valence electrons. The summed E-state index contributed by atoms with van der Waals surface area (Å²) in [5.74, 6) is 2.53. The molecule has 0 aromatic rings. The lowest BCUT2D eigenvalue weighted by Gasteiger charge is -2.62. The molecule has 5 aliphatic carbocycles. The van der Waals surface area contributed by atoms with E-state index in [0.717, 1.165) is 51.4 Å². The Morgan fingerprint density at radius 1 is 1.12 bits per heavy atom. The molecule has 0 radical (unpaired) electrons. The van der Waals surface area contributed by atoms with Gasteiger partial charge in [-0.05, 0) is 80.5 Å². The SMILES string of the molecule is CNC(=O)C1CCCC(C2CCCC(CN3O[C@@H](CN)[C@H]([C@H](C)O)[C@H]3C(=O)N[C@H]3C[C@H]4C[C@@H]([C@@H]3C)C4(C)C)C2OC)C1. The highest BCUT2D eigenvalue weighted by molar-refractivity contribution is 5.83. The highest BCUT2D eigenvalue weighted by atomic mass is 16.7. The van der Waals surface area contributed by atoms with Crippen LogP contribution in [0.15, 0.2) is 0 Å². The molecule has 1 saturated heterocycles. The van der Waals surface area contributed by atoms with Crippen molar-refractivity contribution < 1.29 is 24.3 Å². The fraction of sp³-hybridized carbons (Fsp3) is 0.939. The van der Waals surface area contributed by atoms with Gasteiger partial charge in [-0.3, -0.25) is 14.4 Å². The average molecular weight is 591 g/mol. The number of nitrogens with zero attached hydrogens (tertiary/aromatic N) is 1. The second-order valence-electron chi connectivity index (χ2n) is 15.1. The first-order valence-electron chi connectivity index (χ1n) is 16.9. The minimum atomic E-state index is -0.725. The van der Waals surface area contributed by atoms with Gasteiger partial charge in [0.2, 0.25) is 11.8 Å². The van der Waals surface area contributed by atoms with Crippen LogP contribution in [0, 0.1) is 52.8 Å². The number of aliphatic hydroxyl groups excluding tert-OH is 1. The van der Waals surface area contributed by atoms with Gasteiger partial charge in [0.05, 0.1) is 18.3 Å². The molecule has 5 unspecified atom stereocenters. The third kappa shape index (κ3) is 5.90. The maximum Gasteiger partial charge on any atom is 0.240 e. The molecular formula is C33H58N4O5. The Morgan fingerprint density at radius 2 is 1.86 bits per heavy atom. The van der Waals surface area contributed by atoms with E-state index in [1.165, 1.54) is 6.42 Å². The predicted molar refractivity (Wildman–Crippen MR) is 162 cm³/mol. The summed E-state index contributed by atoms with van der Waals surface area (Å²) in [5, 5.41) is 19.0. The molecule has 9 nitrogen and oxygen atoms in total. The van der Waals surface area contributed by atoms with E-state index >= 15 is 0 Å². The Hall–Kier alpha value is -1.26. The first-order valence-corrected chi connectivity index (χ1v) is 16.9. The van der Waals surface area contributed by atoms with Crippen molar-refractivity contribution in [3.05, 3.63) is 0 Å². The van der Waals surface area contributed by atoms with Gasteiger partial charge in [0, 0.05) is 51.0 Å². The first-order chi connectivity index (χ1) is 20.0. The zero-order valence-electron chi connectivity index (χ0n) is 26.9. The largest absolute Gasteiger partial charge is 0.393 e. The van der Waals surface area contributed by atoms with E-state index in [9.17, 15) is 14.7 Å². The van der Waals surface area contributed by atoms with Gasteiger partial charge in [0.25, 0.3) is 0 Å². The first kappa shape index (κ1) is 32.1. The molecule has 1 aliphatic heterocycles. The van der Waals surface area contributed by atoms with E-state index in [1.54, 1.807) is 14.0 Å². The molecule has 5 N–H and O–H groups in total. The number of hydrogen-bond acceptors (Lipinski definition) is 7. The van der Waals surface area contributed by atoms with Crippen molar-refractivity contribution in [2.45, 2.75) is 116 Å². The maximum atomic E-state index is 14.1. The lowest BCUT2D eigenvalue weighted by Crippen LogP contribution is -2.62. The molecule has 42 heavy (non-hydrogen) atoms. The van der Waals surface area contributed by atoms with E-state index < -0.39 is 24.2 Å². The van der Waals surface area contributed by atoms with Gasteiger partial charge in [-0.1, -0.05) is 40.0 Å². The van der Waals surface area contributed by atoms with Gasteiger partial charge < -0.3 is 26.2 Å². The Morgan fingerprint density at radius 3 is 2.48 bits per heavy atom. The molecule has 2 amide bonds. The van der Waals surface area contributed by atoms with Crippen molar-refractivity contribution in [3.8, 4) is 0 Å². The van der Waals surface area contributed by atoms with E-state index in [0.29, 0.717) is 41.5 Å². The number of aliphatic hydroxyl groups is 1. The van der Waals surface area contributed by atoms with Crippen LogP contribution in [-0.2, 0) is 19.2 Å². The van der Waals surface area contributed by atoms with Gasteiger partial charge >= 0.3 is 0 Å². The Balaban J connectivity index is 1.31. The van der Waals surface area contributed by atoms with Crippen LogP contribution in [0.3, 0.4) is 0 Å².